The maximum Gasteiger partial charge on any atom is 0.186 e. The van der Waals surface area contributed by atoms with Gasteiger partial charge >= 0.3 is 0 Å². The molecule has 1 saturated heterocycles. The molecule has 3 rings (SSSR count). The van der Waals surface area contributed by atoms with Gasteiger partial charge in [0.1, 0.15) is 0 Å². The molecule has 0 aromatic carbocycles. The third-order valence-corrected chi connectivity index (χ3v) is 6.38. The second-order valence-electron chi connectivity index (χ2n) is 6.62. The first kappa shape index (κ1) is 15.0. The molecule has 1 aromatic rings. The van der Waals surface area contributed by atoms with Crippen molar-refractivity contribution in [3.05, 3.63) is 10.6 Å². The summed E-state index contributed by atoms with van der Waals surface area (Å²) < 4.78 is 0. The number of rotatable bonds is 4. The van der Waals surface area contributed by atoms with Gasteiger partial charge < -0.3 is 4.90 Å². The highest BCUT2D eigenvalue weighted by Gasteiger charge is 2.35. The van der Waals surface area contributed by atoms with Crippen molar-refractivity contribution in [2.45, 2.75) is 70.8 Å². The molecule has 3 atom stereocenters. The fraction of sp³-hybridized carbons (Fsp3) is 0.765. The predicted molar refractivity (Wildman–Crippen MR) is 88.5 cm³/mol. The molecular weight excluding hydrogens is 280 g/mol. The minimum Gasteiger partial charge on any atom is -0.345 e. The standard InChI is InChI=1S/C17H26N2OS/c1-3-12(2)16-15(11-20)21-17(18-16)19-10-6-8-13-7-4-5-9-14(13)19/h11-14H,3-10H2,1-2H3. The SMILES string of the molecule is CCC(C)c1nc(N2CCCC3CCCCC32)sc1C=O. The Kier molecular flexibility index (Phi) is 4.63. The van der Waals surface area contributed by atoms with Crippen LogP contribution in [0.1, 0.15) is 80.1 Å². The van der Waals surface area contributed by atoms with Crippen LogP contribution in [0, 0.1) is 5.92 Å². The van der Waals surface area contributed by atoms with Gasteiger partial charge in [0, 0.05) is 12.6 Å². The molecule has 2 heterocycles. The van der Waals surface area contributed by atoms with Crippen molar-refractivity contribution >= 4 is 22.8 Å². The smallest absolute Gasteiger partial charge is 0.186 e. The third-order valence-electron chi connectivity index (χ3n) is 5.34. The largest absolute Gasteiger partial charge is 0.345 e. The Morgan fingerprint density at radius 2 is 2.10 bits per heavy atom. The van der Waals surface area contributed by atoms with Gasteiger partial charge in [0.25, 0.3) is 0 Å². The lowest BCUT2D eigenvalue weighted by atomic mass is 9.78. The van der Waals surface area contributed by atoms with Crippen molar-refractivity contribution in [1.82, 2.24) is 4.98 Å². The van der Waals surface area contributed by atoms with Gasteiger partial charge in [-0.3, -0.25) is 4.79 Å². The summed E-state index contributed by atoms with van der Waals surface area (Å²) in [6.07, 6.45) is 10.1. The lowest BCUT2D eigenvalue weighted by molar-refractivity contribution is 0.112. The molecule has 2 fully saturated rings. The van der Waals surface area contributed by atoms with E-state index >= 15 is 0 Å². The van der Waals surface area contributed by atoms with Gasteiger partial charge in [-0.1, -0.05) is 38.0 Å². The summed E-state index contributed by atoms with van der Waals surface area (Å²) in [4.78, 5) is 19.6. The number of hydrogen-bond acceptors (Lipinski definition) is 4. The summed E-state index contributed by atoms with van der Waals surface area (Å²) in [7, 11) is 0. The first-order chi connectivity index (χ1) is 10.2. The number of thiazole rings is 1. The van der Waals surface area contributed by atoms with Crippen LogP contribution in [0.25, 0.3) is 0 Å². The van der Waals surface area contributed by atoms with Crippen LogP contribution in [0.3, 0.4) is 0 Å². The topological polar surface area (TPSA) is 33.2 Å². The van der Waals surface area contributed by atoms with Crippen LogP contribution in [0.15, 0.2) is 0 Å². The minimum absolute atomic E-state index is 0.377. The number of carbonyl (C=O) groups is 1. The minimum atomic E-state index is 0.377. The quantitative estimate of drug-likeness (QED) is 0.760. The van der Waals surface area contributed by atoms with Gasteiger partial charge in [-0.2, -0.15) is 0 Å². The van der Waals surface area contributed by atoms with Gasteiger partial charge in [-0.05, 0) is 43.9 Å². The van der Waals surface area contributed by atoms with Crippen LogP contribution in [0.2, 0.25) is 0 Å². The fourth-order valence-corrected chi connectivity index (χ4v) is 5.03. The van der Waals surface area contributed by atoms with Gasteiger partial charge in [0.2, 0.25) is 0 Å². The second-order valence-corrected chi connectivity index (χ2v) is 7.63. The van der Waals surface area contributed by atoms with E-state index in [0.717, 1.165) is 40.9 Å². The molecule has 0 bridgehead atoms. The van der Waals surface area contributed by atoms with E-state index in [0.29, 0.717) is 12.0 Å². The van der Waals surface area contributed by atoms with E-state index in [9.17, 15) is 4.79 Å². The molecule has 21 heavy (non-hydrogen) atoms. The number of carbonyl (C=O) groups excluding carboxylic acids is 1. The molecule has 1 saturated carbocycles. The van der Waals surface area contributed by atoms with Gasteiger partial charge in [0.15, 0.2) is 11.4 Å². The average Bonchev–Trinajstić information content (AvgIpc) is 2.97. The maximum absolute atomic E-state index is 11.4. The van der Waals surface area contributed by atoms with E-state index in [1.54, 1.807) is 11.3 Å². The normalized spacial score (nSPS) is 27.2. The molecule has 0 radical (unpaired) electrons. The third kappa shape index (κ3) is 2.87. The summed E-state index contributed by atoms with van der Waals surface area (Å²) >= 11 is 1.61. The van der Waals surface area contributed by atoms with Crippen molar-refractivity contribution in [2.24, 2.45) is 5.92 Å². The van der Waals surface area contributed by atoms with Crippen molar-refractivity contribution in [3.63, 3.8) is 0 Å². The molecule has 0 amide bonds. The molecule has 2 aliphatic rings. The number of nitrogens with zero attached hydrogens (tertiary/aromatic N) is 2. The monoisotopic (exact) mass is 306 g/mol. The zero-order chi connectivity index (χ0) is 14.8. The Morgan fingerprint density at radius 3 is 2.86 bits per heavy atom. The Hall–Kier alpha value is -0.900. The van der Waals surface area contributed by atoms with Crippen LogP contribution in [-0.2, 0) is 0 Å². The average molecular weight is 306 g/mol. The van der Waals surface area contributed by atoms with Gasteiger partial charge in [0.05, 0.1) is 10.6 Å². The summed E-state index contributed by atoms with van der Waals surface area (Å²) in [5, 5.41) is 1.10. The molecule has 0 N–H and O–H groups in total. The fourth-order valence-electron chi connectivity index (χ4n) is 3.95. The summed E-state index contributed by atoms with van der Waals surface area (Å²) in [5.41, 5.74) is 1.02. The number of aldehydes is 1. The molecule has 3 nitrogen and oxygen atoms in total. The second kappa shape index (κ2) is 6.47. The highest BCUT2D eigenvalue weighted by Crippen LogP contribution is 2.40. The highest BCUT2D eigenvalue weighted by atomic mass is 32.1. The Morgan fingerprint density at radius 1 is 1.33 bits per heavy atom. The van der Waals surface area contributed by atoms with Crippen LogP contribution >= 0.6 is 11.3 Å². The van der Waals surface area contributed by atoms with Crippen molar-refractivity contribution in [3.8, 4) is 0 Å². The van der Waals surface area contributed by atoms with Crippen LogP contribution < -0.4 is 4.90 Å². The molecular formula is C17H26N2OS. The van der Waals surface area contributed by atoms with E-state index in [1.165, 1.54) is 38.5 Å². The molecule has 4 heteroatoms. The van der Waals surface area contributed by atoms with E-state index < -0.39 is 0 Å². The van der Waals surface area contributed by atoms with E-state index in [2.05, 4.69) is 18.7 Å². The van der Waals surface area contributed by atoms with E-state index in [4.69, 9.17) is 4.98 Å². The lowest BCUT2D eigenvalue weighted by Gasteiger charge is -2.44. The number of piperidine rings is 1. The van der Waals surface area contributed by atoms with E-state index in [-0.39, 0.29) is 0 Å². The lowest BCUT2D eigenvalue weighted by Crippen LogP contribution is -2.46. The summed E-state index contributed by atoms with van der Waals surface area (Å²) in [6, 6.07) is 0.669. The van der Waals surface area contributed by atoms with E-state index in [1.807, 2.05) is 0 Å². The zero-order valence-corrected chi connectivity index (χ0v) is 14.0. The molecule has 3 unspecified atom stereocenters. The number of hydrogen-bond donors (Lipinski definition) is 0. The van der Waals surface area contributed by atoms with Crippen molar-refractivity contribution in [2.75, 3.05) is 11.4 Å². The molecule has 116 valence electrons. The Labute approximate surface area is 131 Å². The highest BCUT2D eigenvalue weighted by molar-refractivity contribution is 7.17. The summed E-state index contributed by atoms with van der Waals surface area (Å²) in [5.74, 6) is 1.23. The van der Waals surface area contributed by atoms with Crippen LogP contribution in [0.5, 0.6) is 0 Å². The number of anilines is 1. The molecule has 1 aliphatic heterocycles. The first-order valence-electron chi connectivity index (χ1n) is 8.47. The van der Waals surface area contributed by atoms with Crippen molar-refractivity contribution in [1.29, 1.82) is 0 Å². The maximum atomic E-state index is 11.4. The molecule has 1 aromatic heterocycles. The predicted octanol–water partition coefficient (Wildman–Crippen LogP) is 4.63. The molecule has 0 spiro atoms. The van der Waals surface area contributed by atoms with Crippen LogP contribution in [-0.4, -0.2) is 23.9 Å². The zero-order valence-electron chi connectivity index (χ0n) is 13.2. The van der Waals surface area contributed by atoms with Gasteiger partial charge in [-0.25, -0.2) is 4.98 Å². The summed E-state index contributed by atoms with van der Waals surface area (Å²) in [6.45, 7) is 5.45. The van der Waals surface area contributed by atoms with Crippen LogP contribution in [0.4, 0.5) is 5.13 Å². The Balaban J connectivity index is 1.88. The number of aromatic nitrogens is 1. The number of fused-ring (bicyclic) bond motifs is 1. The Bertz CT molecular complexity index is 497. The van der Waals surface area contributed by atoms with Crippen molar-refractivity contribution < 1.29 is 4.79 Å². The van der Waals surface area contributed by atoms with Gasteiger partial charge in [-0.15, -0.1) is 0 Å². The molecule has 1 aliphatic carbocycles. The first-order valence-corrected chi connectivity index (χ1v) is 9.28.